The van der Waals surface area contributed by atoms with E-state index >= 15 is 0 Å². The molecule has 0 saturated heterocycles. The van der Waals surface area contributed by atoms with Gasteiger partial charge < -0.3 is 20.5 Å². The molecule has 31 heavy (non-hydrogen) atoms. The maximum absolute atomic E-state index is 12.6. The minimum Gasteiger partial charge on any atom is -0.744 e. The van der Waals surface area contributed by atoms with Crippen molar-refractivity contribution in [2.45, 2.75) is 44.0 Å². The molecule has 0 saturated carbocycles. The monoisotopic (exact) mass is 457 g/mol. The SMILES string of the molecule is CC(=O)NCCCC[C@H](NC(C)=O)C(=O)Nc1ccc2cc(S(=O)(=O)[O-])ccc2c1.[Na+]. The average molecular weight is 457 g/mol. The fraction of sp³-hybridized carbons (Fsp3) is 0.350. The summed E-state index contributed by atoms with van der Waals surface area (Å²) in [6.07, 6.45) is 1.70. The first-order chi connectivity index (χ1) is 14.1. The maximum Gasteiger partial charge on any atom is 1.00 e. The van der Waals surface area contributed by atoms with Gasteiger partial charge in [-0.25, -0.2) is 8.42 Å². The molecule has 0 radical (unpaired) electrons. The molecule has 0 aliphatic rings. The fourth-order valence-electron chi connectivity index (χ4n) is 2.94. The molecule has 0 aliphatic heterocycles. The standard InChI is InChI=1S/C20H25N3O6S.Na/c1-13(24)21-10-4-3-5-19(22-14(2)25)20(26)23-17-8-6-16-12-18(30(27,28)29)9-7-15(16)11-17;/h6-9,11-12,19H,3-5,10H2,1-2H3,(H,21,24)(H,22,25)(H,23,26)(H,27,28,29);/q;+1/p-1/t19-;/m0./s1. The topological polar surface area (TPSA) is 144 Å². The number of benzene rings is 2. The second-order valence-corrected chi connectivity index (χ2v) is 8.28. The number of hydrogen-bond donors (Lipinski definition) is 3. The van der Waals surface area contributed by atoms with Crippen LogP contribution in [0.4, 0.5) is 5.69 Å². The van der Waals surface area contributed by atoms with Crippen LogP contribution in [0.5, 0.6) is 0 Å². The molecular formula is C20H24N3NaO6S. The first-order valence-electron chi connectivity index (χ1n) is 9.38. The second kappa shape index (κ2) is 12.2. The smallest absolute Gasteiger partial charge is 0.744 e. The molecule has 0 aromatic heterocycles. The number of carbonyl (C=O) groups excluding carboxylic acids is 3. The third-order valence-electron chi connectivity index (χ3n) is 4.36. The van der Waals surface area contributed by atoms with E-state index in [0.29, 0.717) is 42.3 Å². The quantitative estimate of drug-likeness (QED) is 0.237. The Balaban J connectivity index is 0.00000480. The fourth-order valence-corrected chi connectivity index (χ4v) is 3.44. The molecule has 0 fully saturated rings. The van der Waals surface area contributed by atoms with Crippen molar-refractivity contribution < 1.29 is 56.9 Å². The van der Waals surface area contributed by atoms with Crippen molar-refractivity contribution >= 4 is 44.3 Å². The van der Waals surface area contributed by atoms with Crippen LogP contribution in [0.15, 0.2) is 41.3 Å². The Hall–Kier alpha value is -1.98. The van der Waals surface area contributed by atoms with Gasteiger partial charge in [0.05, 0.1) is 4.90 Å². The van der Waals surface area contributed by atoms with E-state index in [1.807, 2.05) is 0 Å². The summed E-state index contributed by atoms with van der Waals surface area (Å²) in [7, 11) is -4.55. The van der Waals surface area contributed by atoms with Gasteiger partial charge in [-0.15, -0.1) is 0 Å². The summed E-state index contributed by atoms with van der Waals surface area (Å²) in [6.45, 7) is 3.25. The summed E-state index contributed by atoms with van der Waals surface area (Å²) in [5.41, 5.74) is 0.471. The zero-order chi connectivity index (χ0) is 22.3. The number of anilines is 1. The van der Waals surface area contributed by atoms with E-state index in [4.69, 9.17) is 0 Å². The number of amides is 3. The van der Waals surface area contributed by atoms with Crippen LogP contribution >= 0.6 is 0 Å². The van der Waals surface area contributed by atoms with Gasteiger partial charge in [0, 0.05) is 26.1 Å². The third-order valence-corrected chi connectivity index (χ3v) is 5.19. The van der Waals surface area contributed by atoms with Gasteiger partial charge in [0.25, 0.3) is 0 Å². The van der Waals surface area contributed by atoms with Gasteiger partial charge >= 0.3 is 29.6 Å². The Morgan fingerprint density at radius 3 is 2.23 bits per heavy atom. The summed E-state index contributed by atoms with van der Waals surface area (Å²) in [6, 6.07) is 8.08. The molecule has 3 N–H and O–H groups in total. The van der Waals surface area contributed by atoms with E-state index in [1.54, 1.807) is 18.2 Å². The van der Waals surface area contributed by atoms with E-state index < -0.39 is 16.2 Å². The molecule has 11 heteroatoms. The van der Waals surface area contributed by atoms with Crippen molar-refractivity contribution in [3.05, 3.63) is 36.4 Å². The number of carbonyl (C=O) groups is 3. The van der Waals surface area contributed by atoms with Gasteiger partial charge in [-0.05, 0) is 54.3 Å². The first kappa shape index (κ1) is 27.1. The Morgan fingerprint density at radius 2 is 1.61 bits per heavy atom. The van der Waals surface area contributed by atoms with Crippen LogP contribution in [0.25, 0.3) is 10.8 Å². The zero-order valence-corrected chi connectivity index (χ0v) is 20.5. The van der Waals surface area contributed by atoms with Crippen molar-refractivity contribution in [3.8, 4) is 0 Å². The molecule has 0 bridgehead atoms. The first-order valence-corrected chi connectivity index (χ1v) is 10.8. The van der Waals surface area contributed by atoms with Crippen LogP contribution in [0.1, 0.15) is 33.1 Å². The summed E-state index contributed by atoms with van der Waals surface area (Å²) < 4.78 is 33.4. The van der Waals surface area contributed by atoms with E-state index in [2.05, 4.69) is 16.0 Å². The van der Waals surface area contributed by atoms with Gasteiger partial charge in [0.2, 0.25) is 17.7 Å². The normalized spacial score (nSPS) is 11.8. The van der Waals surface area contributed by atoms with E-state index in [1.165, 1.54) is 32.0 Å². The maximum atomic E-state index is 12.6. The molecular weight excluding hydrogens is 433 g/mol. The van der Waals surface area contributed by atoms with E-state index in [9.17, 15) is 27.4 Å². The van der Waals surface area contributed by atoms with E-state index in [0.717, 1.165) is 0 Å². The third kappa shape index (κ3) is 8.96. The Labute approximate surface area is 203 Å². The van der Waals surface area contributed by atoms with Gasteiger partial charge in [-0.1, -0.05) is 12.1 Å². The second-order valence-electron chi connectivity index (χ2n) is 6.90. The van der Waals surface area contributed by atoms with Gasteiger partial charge in [0.1, 0.15) is 16.2 Å². The number of fused-ring (bicyclic) bond motifs is 1. The molecule has 0 aliphatic carbocycles. The molecule has 0 spiro atoms. The van der Waals surface area contributed by atoms with Crippen molar-refractivity contribution in [2.75, 3.05) is 11.9 Å². The Morgan fingerprint density at radius 1 is 0.968 bits per heavy atom. The van der Waals surface area contributed by atoms with Crippen LogP contribution in [0, 0.1) is 0 Å². The molecule has 162 valence electrons. The summed E-state index contributed by atoms with van der Waals surface area (Å²) in [4.78, 5) is 34.6. The van der Waals surface area contributed by atoms with Gasteiger partial charge in [-0.3, -0.25) is 14.4 Å². The summed E-state index contributed by atoms with van der Waals surface area (Å²) >= 11 is 0. The van der Waals surface area contributed by atoms with Crippen molar-refractivity contribution in [3.63, 3.8) is 0 Å². The molecule has 2 aromatic rings. The van der Waals surface area contributed by atoms with Crippen LogP contribution in [0.3, 0.4) is 0 Å². The zero-order valence-electron chi connectivity index (χ0n) is 17.7. The van der Waals surface area contributed by atoms with Crippen LogP contribution < -0.4 is 45.5 Å². The summed E-state index contributed by atoms with van der Waals surface area (Å²) in [5.74, 6) is -0.841. The average Bonchev–Trinajstić information content (AvgIpc) is 2.65. The largest absolute Gasteiger partial charge is 1.00 e. The van der Waals surface area contributed by atoms with Crippen molar-refractivity contribution in [1.29, 1.82) is 0 Å². The minimum atomic E-state index is -4.55. The summed E-state index contributed by atoms with van der Waals surface area (Å²) in [5, 5.41) is 9.22. The van der Waals surface area contributed by atoms with Crippen LogP contribution in [-0.4, -0.2) is 43.3 Å². The molecule has 2 aromatic carbocycles. The van der Waals surface area contributed by atoms with Crippen LogP contribution in [-0.2, 0) is 24.5 Å². The number of nitrogens with one attached hydrogen (secondary N) is 3. The van der Waals surface area contributed by atoms with Crippen molar-refractivity contribution in [1.82, 2.24) is 10.6 Å². The van der Waals surface area contributed by atoms with Gasteiger partial charge in [-0.2, -0.15) is 0 Å². The van der Waals surface area contributed by atoms with E-state index in [-0.39, 0.29) is 52.2 Å². The minimum absolute atomic E-state index is 0. The molecule has 0 unspecified atom stereocenters. The molecule has 0 heterocycles. The molecule has 3 amide bonds. The van der Waals surface area contributed by atoms with Crippen LogP contribution in [0.2, 0.25) is 0 Å². The Kier molecular flexibility index (Phi) is 10.6. The molecule has 1 atom stereocenters. The number of rotatable bonds is 9. The van der Waals surface area contributed by atoms with Gasteiger partial charge in [0.15, 0.2) is 0 Å². The Bertz CT molecular complexity index is 1060. The number of unbranched alkanes of at least 4 members (excludes halogenated alkanes) is 1. The molecule has 9 nitrogen and oxygen atoms in total. The van der Waals surface area contributed by atoms with Crippen molar-refractivity contribution in [2.24, 2.45) is 0 Å². The predicted molar refractivity (Wildman–Crippen MR) is 111 cm³/mol. The number of hydrogen-bond acceptors (Lipinski definition) is 6. The molecule has 2 rings (SSSR count). The predicted octanol–water partition coefficient (Wildman–Crippen LogP) is -1.50.